The summed E-state index contributed by atoms with van der Waals surface area (Å²) in [6.07, 6.45) is 3.46. The molecule has 0 heterocycles. The van der Waals surface area contributed by atoms with Crippen LogP contribution in [0.3, 0.4) is 0 Å². The second kappa shape index (κ2) is 5.86. The van der Waals surface area contributed by atoms with E-state index in [2.05, 4.69) is 5.32 Å². The van der Waals surface area contributed by atoms with Gasteiger partial charge in [-0.05, 0) is 18.9 Å². The first-order valence-corrected chi connectivity index (χ1v) is 8.15. The van der Waals surface area contributed by atoms with E-state index in [4.69, 9.17) is 16.7 Å². The van der Waals surface area contributed by atoms with Crippen molar-refractivity contribution >= 4 is 27.5 Å². The predicted molar refractivity (Wildman–Crippen MR) is 72.5 cm³/mol. The van der Waals surface area contributed by atoms with Crippen LogP contribution in [0.15, 0.2) is 11.0 Å². The molecule has 1 aliphatic carbocycles. The maximum absolute atomic E-state index is 13.6. The highest BCUT2D eigenvalue weighted by Crippen LogP contribution is 2.30. The number of hydrogen-bond acceptors (Lipinski definition) is 3. The van der Waals surface area contributed by atoms with E-state index in [-0.39, 0.29) is 6.04 Å². The van der Waals surface area contributed by atoms with Gasteiger partial charge in [-0.15, -0.1) is 0 Å². The second-order valence-corrected chi connectivity index (χ2v) is 6.74. The summed E-state index contributed by atoms with van der Waals surface area (Å²) < 4.78 is 49.6. The molecular formula is C12H13ClF2N2O3S. The highest BCUT2D eigenvalue weighted by atomic mass is 35.5. The third-order valence-electron chi connectivity index (χ3n) is 3.34. The minimum atomic E-state index is -4.60. The Bertz CT molecular complexity index is 688. The van der Waals surface area contributed by atoms with Crippen molar-refractivity contribution in [3.8, 4) is 0 Å². The Balaban J connectivity index is 2.44. The number of nitrogens with two attached hydrogens (primary N) is 1. The van der Waals surface area contributed by atoms with Gasteiger partial charge in [-0.25, -0.2) is 22.3 Å². The molecule has 1 aromatic rings. The van der Waals surface area contributed by atoms with E-state index < -0.39 is 43.0 Å². The summed E-state index contributed by atoms with van der Waals surface area (Å²) in [7, 11) is -4.60. The number of carbonyl (C=O) groups is 1. The third kappa shape index (κ3) is 3.33. The number of nitrogens with one attached hydrogen (secondary N) is 1. The van der Waals surface area contributed by atoms with Crippen LogP contribution in [0, 0.1) is 11.6 Å². The number of hydrogen-bond donors (Lipinski definition) is 2. The van der Waals surface area contributed by atoms with Crippen LogP contribution < -0.4 is 10.5 Å². The van der Waals surface area contributed by atoms with E-state index in [1.165, 1.54) is 0 Å². The largest absolute Gasteiger partial charge is 0.349 e. The van der Waals surface area contributed by atoms with Crippen molar-refractivity contribution < 1.29 is 22.0 Å². The van der Waals surface area contributed by atoms with Crippen molar-refractivity contribution in [3.05, 3.63) is 28.3 Å². The molecule has 5 nitrogen and oxygen atoms in total. The van der Waals surface area contributed by atoms with Crippen molar-refractivity contribution in [2.24, 2.45) is 5.14 Å². The van der Waals surface area contributed by atoms with Gasteiger partial charge < -0.3 is 5.32 Å². The number of sulfonamides is 1. The maximum atomic E-state index is 13.6. The van der Waals surface area contributed by atoms with Gasteiger partial charge in [-0.3, -0.25) is 4.79 Å². The highest BCUT2D eigenvalue weighted by molar-refractivity contribution is 7.89. The minimum Gasteiger partial charge on any atom is -0.349 e. The Morgan fingerprint density at radius 3 is 2.43 bits per heavy atom. The number of carbonyl (C=O) groups excluding carboxylic acids is 1. The molecule has 0 spiro atoms. The fourth-order valence-electron chi connectivity index (χ4n) is 2.33. The first-order valence-electron chi connectivity index (χ1n) is 6.23. The summed E-state index contributed by atoms with van der Waals surface area (Å²) in [6, 6.07) is 0.482. The van der Waals surface area contributed by atoms with Crippen molar-refractivity contribution in [2.75, 3.05) is 0 Å². The van der Waals surface area contributed by atoms with Gasteiger partial charge in [-0.2, -0.15) is 0 Å². The van der Waals surface area contributed by atoms with Crippen LogP contribution in [0.2, 0.25) is 5.02 Å². The molecule has 0 saturated heterocycles. The van der Waals surface area contributed by atoms with Crippen molar-refractivity contribution in [1.29, 1.82) is 0 Å². The van der Waals surface area contributed by atoms with Gasteiger partial charge in [0.15, 0.2) is 11.6 Å². The van der Waals surface area contributed by atoms with Gasteiger partial charge in [0.25, 0.3) is 5.91 Å². The normalized spacial score (nSPS) is 16.2. The van der Waals surface area contributed by atoms with Crippen LogP contribution in [-0.4, -0.2) is 20.4 Å². The molecule has 9 heteroatoms. The number of benzene rings is 1. The zero-order valence-electron chi connectivity index (χ0n) is 10.8. The summed E-state index contributed by atoms with van der Waals surface area (Å²) >= 11 is 5.72. The molecule has 1 aliphatic rings. The van der Waals surface area contributed by atoms with Crippen LogP contribution in [0.4, 0.5) is 8.78 Å². The Morgan fingerprint density at radius 1 is 1.33 bits per heavy atom. The lowest BCUT2D eigenvalue weighted by molar-refractivity contribution is 0.0937. The molecule has 2 rings (SSSR count). The Hall–Kier alpha value is -1.25. The van der Waals surface area contributed by atoms with E-state index in [0.717, 1.165) is 25.7 Å². The molecule has 21 heavy (non-hydrogen) atoms. The predicted octanol–water partition coefficient (Wildman–Crippen LogP) is 1.94. The van der Waals surface area contributed by atoms with E-state index in [1.54, 1.807) is 0 Å². The third-order valence-corrected chi connectivity index (χ3v) is 4.79. The number of amides is 1. The lowest BCUT2D eigenvalue weighted by Gasteiger charge is -2.14. The number of rotatable bonds is 3. The van der Waals surface area contributed by atoms with Crippen LogP contribution in [-0.2, 0) is 10.0 Å². The maximum Gasteiger partial charge on any atom is 0.253 e. The van der Waals surface area contributed by atoms with Gasteiger partial charge in [0.2, 0.25) is 10.0 Å². The van der Waals surface area contributed by atoms with Gasteiger partial charge >= 0.3 is 0 Å². The lowest BCUT2D eigenvalue weighted by atomic mass is 10.1. The molecule has 0 bridgehead atoms. The quantitative estimate of drug-likeness (QED) is 0.825. The second-order valence-electron chi connectivity index (χ2n) is 4.86. The zero-order valence-corrected chi connectivity index (χ0v) is 12.4. The molecule has 1 fully saturated rings. The van der Waals surface area contributed by atoms with E-state index in [0.29, 0.717) is 6.07 Å². The molecule has 0 unspecified atom stereocenters. The molecule has 1 saturated carbocycles. The van der Waals surface area contributed by atoms with Gasteiger partial charge in [0, 0.05) is 6.04 Å². The Labute approximate surface area is 125 Å². The summed E-state index contributed by atoms with van der Waals surface area (Å²) in [5, 5.41) is 6.71. The van der Waals surface area contributed by atoms with E-state index in [1.807, 2.05) is 0 Å². The van der Waals surface area contributed by atoms with Crippen molar-refractivity contribution in [1.82, 2.24) is 5.32 Å². The van der Waals surface area contributed by atoms with Gasteiger partial charge in [-0.1, -0.05) is 24.4 Å². The molecule has 0 radical (unpaired) electrons. The first-order chi connectivity index (χ1) is 9.71. The lowest BCUT2D eigenvalue weighted by Crippen LogP contribution is -2.33. The smallest absolute Gasteiger partial charge is 0.253 e. The summed E-state index contributed by atoms with van der Waals surface area (Å²) in [5.74, 6) is -3.95. The SMILES string of the molecule is NS(=O)(=O)c1c(F)c(F)cc(C(=O)NC2CCCC2)c1Cl. The van der Waals surface area contributed by atoms with Crippen molar-refractivity contribution in [2.45, 2.75) is 36.6 Å². The van der Waals surface area contributed by atoms with Crippen LogP contribution in [0.1, 0.15) is 36.0 Å². The first kappa shape index (κ1) is 16.1. The van der Waals surface area contributed by atoms with Crippen LogP contribution in [0.25, 0.3) is 0 Å². The van der Waals surface area contributed by atoms with Gasteiger partial charge in [0.1, 0.15) is 4.90 Å². The highest BCUT2D eigenvalue weighted by Gasteiger charge is 2.28. The average molecular weight is 339 g/mol. The van der Waals surface area contributed by atoms with E-state index >= 15 is 0 Å². The average Bonchev–Trinajstić information content (AvgIpc) is 2.85. The molecule has 1 aromatic carbocycles. The fraction of sp³-hybridized carbons (Fsp3) is 0.417. The zero-order chi connectivity index (χ0) is 15.8. The molecule has 0 atom stereocenters. The summed E-state index contributed by atoms with van der Waals surface area (Å²) in [6.45, 7) is 0. The fourth-order valence-corrected chi connectivity index (χ4v) is 3.58. The standard InChI is InChI=1S/C12H13ClF2N2O3S/c13-9-7(12(18)17-6-3-1-2-4-6)5-8(14)10(15)11(9)21(16,19)20/h5-6H,1-4H2,(H,17,18)(H2,16,19,20). The summed E-state index contributed by atoms with van der Waals surface area (Å²) in [4.78, 5) is 10.8. The molecule has 0 aliphatic heterocycles. The van der Waals surface area contributed by atoms with Gasteiger partial charge in [0.05, 0.1) is 10.6 Å². The number of primary sulfonamides is 1. The molecule has 1 amide bonds. The van der Waals surface area contributed by atoms with Crippen molar-refractivity contribution in [3.63, 3.8) is 0 Å². The van der Waals surface area contributed by atoms with Crippen LogP contribution >= 0.6 is 11.6 Å². The topological polar surface area (TPSA) is 89.3 Å². The molecular weight excluding hydrogens is 326 g/mol. The van der Waals surface area contributed by atoms with E-state index in [9.17, 15) is 22.0 Å². The molecule has 116 valence electrons. The monoisotopic (exact) mass is 338 g/mol. The Kier molecular flexibility index (Phi) is 4.50. The number of halogens is 3. The summed E-state index contributed by atoms with van der Waals surface area (Å²) in [5.41, 5.74) is -0.452. The molecule has 0 aromatic heterocycles. The van der Waals surface area contributed by atoms with Crippen LogP contribution in [0.5, 0.6) is 0 Å². The Morgan fingerprint density at radius 2 is 1.90 bits per heavy atom. The minimum absolute atomic E-state index is 0.0837. The molecule has 3 N–H and O–H groups in total.